The van der Waals surface area contributed by atoms with E-state index in [0.717, 1.165) is 17.1 Å². The van der Waals surface area contributed by atoms with E-state index in [4.69, 9.17) is 4.52 Å². The van der Waals surface area contributed by atoms with Crippen molar-refractivity contribution < 1.29 is 9.32 Å². The third kappa shape index (κ3) is 3.84. The van der Waals surface area contributed by atoms with Crippen LogP contribution in [0.1, 0.15) is 11.5 Å². The van der Waals surface area contributed by atoms with Crippen molar-refractivity contribution >= 4 is 11.6 Å². The molecule has 100 valence electrons. The molecule has 19 heavy (non-hydrogen) atoms. The normalized spacial score (nSPS) is 10.2. The van der Waals surface area contributed by atoms with E-state index in [9.17, 15) is 4.79 Å². The van der Waals surface area contributed by atoms with Gasteiger partial charge in [0.2, 0.25) is 5.91 Å². The van der Waals surface area contributed by atoms with Gasteiger partial charge in [-0.25, -0.2) is 0 Å². The second-order valence-electron chi connectivity index (χ2n) is 4.40. The van der Waals surface area contributed by atoms with Crippen LogP contribution >= 0.6 is 0 Å². The van der Waals surface area contributed by atoms with Gasteiger partial charge in [-0.05, 0) is 19.1 Å². The molecular weight excluding hydrogens is 242 g/mol. The second kappa shape index (κ2) is 6.04. The summed E-state index contributed by atoms with van der Waals surface area (Å²) < 4.78 is 4.97. The molecular formula is C14H17N3O2. The molecule has 1 aromatic heterocycles. The van der Waals surface area contributed by atoms with Gasteiger partial charge in [-0.1, -0.05) is 23.4 Å². The zero-order valence-corrected chi connectivity index (χ0v) is 11.1. The van der Waals surface area contributed by atoms with Gasteiger partial charge in [0, 0.05) is 18.8 Å². The molecule has 0 saturated heterocycles. The van der Waals surface area contributed by atoms with Crippen LogP contribution in [-0.2, 0) is 11.3 Å². The fourth-order valence-corrected chi connectivity index (χ4v) is 1.69. The maximum Gasteiger partial charge on any atom is 0.241 e. The number of benzene rings is 1. The van der Waals surface area contributed by atoms with Crippen LogP contribution < -0.4 is 5.32 Å². The molecule has 0 bridgehead atoms. The number of aryl methyl sites for hydroxylation is 1. The summed E-state index contributed by atoms with van der Waals surface area (Å²) in [5, 5.41) is 6.95. The van der Waals surface area contributed by atoms with Crippen LogP contribution in [0.2, 0.25) is 0 Å². The molecule has 2 aromatic rings. The van der Waals surface area contributed by atoms with E-state index in [-0.39, 0.29) is 12.5 Å². The first-order valence-corrected chi connectivity index (χ1v) is 6.10. The number of likely N-dealkylation sites (N-methyl/N-ethyl adjacent to an activating group) is 1. The lowest BCUT2D eigenvalue weighted by molar-refractivity contribution is -0.128. The smallest absolute Gasteiger partial charge is 0.241 e. The highest BCUT2D eigenvalue weighted by molar-refractivity contribution is 5.80. The highest BCUT2D eigenvalue weighted by Crippen LogP contribution is 2.06. The molecule has 0 spiro atoms. The monoisotopic (exact) mass is 259 g/mol. The van der Waals surface area contributed by atoms with Crippen LogP contribution in [0.25, 0.3) is 0 Å². The molecule has 0 aliphatic heterocycles. The number of hydrogen-bond acceptors (Lipinski definition) is 4. The molecule has 1 N–H and O–H groups in total. The molecule has 0 unspecified atom stereocenters. The Balaban J connectivity index is 1.82. The van der Waals surface area contributed by atoms with E-state index < -0.39 is 0 Å². The van der Waals surface area contributed by atoms with Crippen LogP contribution in [-0.4, -0.2) is 29.6 Å². The van der Waals surface area contributed by atoms with Crippen molar-refractivity contribution in [2.75, 3.05) is 18.9 Å². The zero-order valence-electron chi connectivity index (χ0n) is 11.1. The molecule has 2 rings (SSSR count). The number of carbonyl (C=O) groups excluding carboxylic acids is 1. The number of aromatic nitrogens is 1. The molecule has 1 aromatic carbocycles. The summed E-state index contributed by atoms with van der Waals surface area (Å²) >= 11 is 0. The van der Waals surface area contributed by atoms with Gasteiger partial charge in [0.15, 0.2) is 0 Å². The predicted molar refractivity (Wildman–Crippen MR) is 72.6 cm³/mol. The summed E-state index contributed by atoms with van der Waals surface area (Å²) in [7, 11) is 1.75. The van der Waals surface area contributed by atoms with Gasteiger partial charge in [-0.2, -0.15) is 0 Å². The Morgan fingerprint density at radius 3 is 2.74 bits per heavy atom. The van der Waals surface area contributed by atoms with E-state index >= 15 is 0 Å². The number of nitrogens with one attached hydrogen (secondary N) is 1. The summed E-state index contributed by atoms with van der Waals surface area (Å²) in [4.78, 5) is 13.6. The van der Waals surface area contributed by atoms with Gasteiger partial charge in [0.1, 0.15) is 11.5 Å². The Morgan fingerprint density at radius 1 is 1.37 bits per heavy atom. The molecule has 0 radical (unpaired) electrons. The molecule has 0 saturated carbocycles. The molecule has 0 fully saturated rings. The van der Waals surface area contributed by atoms with E-state index in [1.807, 2.05) is 43.3 Å². The highest BCUT2D eigenvalue weighted by atomic mass is 16.5. The molecule has 1 amide bonds. The maximum absolute atomic E-state index is 11.9. The number of amides is 1. The van der Waals surface area contributed by atoms with Gasteiger partial charge < -0.3 is 14.7 Å². The summed E-state index contributed by atoms with van der Waals surface area (Å²) in [6, 6.07) is 11.5. The van der Waals surface area contributed by atoms with Gasteiger partial charge in [0.05, 0.1) is 13.1 Å². The third-order valence-corrected chi connectivity index (χ3v) is 2.72. The Kier molecular flexibility index (Phi) is 4.18. The van der Waals surface area contributed by atoms with Crippen LogP contribution in [0.15, 0.2) is 40.9 Å². The first kappa shape index (κ1) is 13.1. The Bertz CT molecular complexity index is 537. The average Bonchev–Trinajstić information content (AvgIpc) is 2.82. The summed E-state index contributed by atoms with van der Waals surface area (Å²) in [5.74, 6) is 0.753. The fourth-order valence-electron chi connectivity index (χ4n) is 1.69. The molecule has 0 aliphatic rings. The predicted octanol–water partition coefficient (Wildman–Crippen LogP) is 2.05. The molecule has 0 atom stereocenters. The van der Waals surface area contributed by atoms with E-state index in [2.05, 4.69) is 10.5 Å². The largest absolute Gasteiger partial charge is 0.376 e. The van der Waals surface area contributed by atoms with Crippen molar-refractivity contribution in [3.63, 3.8) is 0 Å². The van der Waals surface area contributed by atoms with Crippen LogP contribution in [0.3, 0.4) is 0 Å². The number of carbonyl (C=O) groups is 1. The lowest BCUT2D eigenvalue weighted by Gasteiger charge is -2.16. The summed E-state index contributed by atoms with van der Waals surface area (Å²) in [6.45, 7) is 2.54. The quantitative estimate of drug-likeness (QED) is 0.892. The van der Waals surface area contributed by atoms with E-state index in [1.54, 1.807) is 11.9 Å². The van der Waals surface area contributed by atoms with E-state index in [0.29, 0.717) is 6.54 Å². The Labute approximate surface area is 112 Å². The Morgan fingerprint density at radius 2 is 2.11 bits per heavy atom. The molecule has 5 nitrogen and oxygen atoms in total. The highest BCUT2D eigenvalue weighted by Gasteiger charge is 2.11. The summed E-state index contributed by atoms with van der Waals surface area (Å²) in [5.41, 5.74) is 1.69. The lowest BCUT2D eigenvalue weighted by atomic mass is 10.3. The Hall–Kier alpha value is -2.30. The lowest BCUT2D eigenvalue weighted by Crippen LogP contribution is -2.31. The van der Waals surface area contributed by atoms with Gasteiger partial charge in [-0.15, -0.1) is 0 Å². The van der Waals surface area contributed by atoms with Crippen molar-refractivity contribution in [2.24, 2.45) is 0 Å². The minimum atomic E-state index is 0.00417. The maximum atomic E-state index is 11.9. The minimum absolute atomic E-state index is 0.00417. The first-order valence-electron chi connectivity index (χ1n) is 6.10. The number of para-hydroxylation sites is 1. The standard InChI is InChI=1S/C14H17N3O2/c1-11-8-13(16-19-11)10-17(2)14(18)9-15-12-6-4-3-5-7-12/h3-8,15H,9-10H2,1-2H3. The molecule has 0 aliphatic carbocycles. The van der Waals surface area contributed by atoms with Crippen LogP contribution in [0.5, 0.6) is 0 Å². The van der Waals surface area contributed by atoms with Gasteiger partial charge in [0.25, 0.3) is 0 Å². The van der Waals surface area contributed by atoms with Gasteiger partial charge >= 0.3 is 0 Å². The topological polar surface area (TPSA) is 58.4 Å². The minimum Gasteiger partial charge on any atom is -0.376 e. The van der Waals surface area contributed by atoms with Crippen molar-refractivity contribution in [3.8, 4) is 0 Å². The number of nitrogens with zero attached hydrogens (tertiary/aromatic N) is 2. The first-order chi connectivity index (χ1) is 9.15. The number of rotatable bonds is 5. The summed E-state index contributed by atoms with van der Waals surface area (Å²) in [6.07, 6.45) is 0. The third-order valence-electron chi connectivity index (χ3n) is 2.72. The second-order valence-corrected chi connectivity index (χ2v) is 4.40. The van der Waals surface area contributed by atoms with Crippen molar-refractivity contribution in [1.82, 2.24) is 10.1 Å². The van der Waals surface area contributed by atoms with Gasteiger partial charge in [-0.3, -0.25) is 4.79 Å². The van der Waals surface area contributed by atoms with Crippen molar-refractivity contribution in [1.29, 1.82) is 0 Å². The van der Waals surface area contributed by atoms with Crippen LogP contribution in [0, 0.1) is 6.92 Å². The van der Waals surface area contributed by atoms with Crippen molar-refractivity contribution in [3.05, 3.63) is 47.9 Å². The van der Waals surface area contributed by atoms with Crippen LogP contribution in [0.4, 0.5) is 5.69 Å². The fraction of sp³-hybridized carbons (Fsp3) is 0.286. The SMILES string of the molecule is Cc1cc(CN(C)C(=O)CNc2ccccc2)no1. The molecule has 1 heterocycles. The number of anilines is 1. The molecule has 5 heteroatoms. The average molecular weight is 259 g/mol. The zero-order chi connectivity index (χ0) is 13.7. The number of hydrogen-bond donors (Lipinski definition) is 1. The van der Waals surface area contributed by atoms with E-state index in [1.165, 1.54) is 0 Å². The van der Waals surface area contributed by atoms with Crippen molar-refractivity contribution in [2.45, 2.75) is 13.5 Å².